The van der Waals surface area contributed by atoms with Crippen LogP contribution in [0.2, 0.25) is 0 Å². The van der Waals surface area contributed by atoms with E-state index in [0.717, 1.165) is 18.7 Å². The van der Waals surface area contributed by atoms with Crippen molar-refractivity contribution in [3.05, 3.63) is 54.1 Å². The van der Waals surface area contributed by atoms with Crippen LogP contribution in [-0.4, -0.2) is 43.0 Å². The predicted molar refractivity (Wildman–Crippen MR) is 96.2 cm³/mol. The van der Waals surface area contributed by atoms with Crippen LogP contribution in [0, 0.1) is 0 Å². The van der Waals surface area contributed by atoms with Crippen molar-refractivity contribution in [1.29, 1.82) is 0 Å². The third kappa shape index (κ3) is 7.24. The quantitative estimate of drug-likeness (QED) is 0.429. The smallest absolute Gasteiger partial charge is 0.328 e. The van der Waals surface area contributed by atoms with Gasteiger partial charge in [-0.15, -0.1) is 6.58 Å². The zero-order valence-corrected chi connectivity index (χ0v) is 14.6. The van der Waals surface area contributed by atoms with E-state index in [2.05, 4.69) is 16.8 Å². The number of benzene rings is 1. The Hall–Kier alpha value is -2.40. The van der Waals surface area contributed by atoms with Crippen molar-refractivity contribution in [2.75, 3.05) is 20.2 Å². The maximum atomic E-state index is 11.8. The molecular formula is C19H26N2O3. The van der Waals surface area contributed by atoms with Crippen LogP contribution in [0.5, 0.6) is 0 Å². The molecule has 1 aromatic rings. The minimum Gasteiger partial charge on any atom is -0.464 e. The van der Waals surface area contributed by atoms with Crippen molar-refractivity contribution in [2.45, 2.75) is 26.4 Å². The Labute approximate surface area is 144 Å². The predicted octanol–water partition coefficient (Wildman–Crippen LogP) is 2.39. The summed E-state index contributed by atoms with van der Waals surface area (Å²) in [6, 6.07) is 7.30. The molecule has 5 nitrogen and oxygen atoms in total. The van der Waals surface area contributed by atoms with Crippen LogP contribution in [0.4, 0.5) is 0 Å². The first-order chi connectivity index (χ1) is 11.5. The number of nitrogens with one attached hydrogen (secondary N) is 1. The minimum atomic E-state index is -0.662. The highest BCUT2D eigenvalue weighted by Crippen LogP contribution is 2.08. The molecule has 0 radical (unpaired) electrons. The topological polar surface area (TPSA) is 58.6 Å². The van der Waals surface area contributed by atoms with Gasteiger partial charge in [-0.2, -0.15) is 0 Å². The molecule has 1 amide bonds. The maximum absolute atomic E-state index is 11.8. The van der Waals surface area contributed by atoms with E-state index in [4.69, 9.17) is 4.74 Å². The summed E-state index contributed by atoms with van der Waals surface area (Å²) < 4.78 is 4.84. The maximum Gasteiger partial charge on any atom is 0.328 e. The molecule has 1 unspecified atom stereocenters. The zero-order valence-electron chi connectivity index (χ0n) is 14.6. The molecule has 0 saturated heterocycles. The lowest BCUT2D eigenvalue weighted by atomic mass is 10.1. The fourth-order valence-electron chi connectivity index (χ4n) is 2.09. The van der Waals surface area contributed by atoms with E-state index in [1.807, 2.05) is 37.4 Å². The number of hydrogen-bond donors (Lipinski definition) is 1. The Morgan fingerprint density at radius 2 is 2.00 bits per heavy atom. The van der Waals surface area contributed by atoms with E-state index in [1.165, 1.54) is 11.6 Å². The fourth-order valence-corrected chi connectivity index (χ4v) is 2.09. The summed E-state index contributed by atoms with van der Waals surface area (Å²) in [5.74, 6) is -0.766. The minimum absolute atomic E-state index is 0.295. The number of carbonyl (C=O) groups excluding carboxylic acids is 2. The Balaban J connectivity index is 2.53. The molecule has 0 spiro atoms. The van der Waals surface area contributed by atoms with Crippen molar-refractivity contribution in [2.24, 2.45) is 0 Å². The molecular weight excluding hydrogens is 304 g/mol. The van der Waals surface area contributed by atoms with Crippen molar-refractivity contribution >= 4 is 18.0 Å². The second kappa shape index (κ2) is 10.4. The third-order valence-electron chi connectivity index (χ3n) is 3.30. The summed E-state index contributed by atoms with van der Waals surface area (Å²) in [7, 11) is 2.03. The molecule has 1 atom stereocenters. The molecule has 1 N–H and O–H groups in total. The number of carbonyl (C=O) groups is 2. The van der Waals surface area contributed by atoms with Gasteiger partial charge in [-0.3, -0.25) is 9.69 Å². The Morgan fingerprint density at radius 3 is 2.58 bits per heavy atom. The van der Waals surface area contributed by atoms with E-state index in [0.29, 0.717) is 6.61 Å². The van der Waals surface area contributed by atoms with Crippen LogP contribution in [0.15, 0.2) is 43.0 Å². The van der Waals surface area contributed by atoms with Gasteiger partial charge in [0, 0.05) is 19.2 Å². The molecule has 0 aromatic heterocycles. The van der Waals surface area contributed by atoms with Gasteiger partial charge in [0.15, 0.2) is 0 Å². The largest absolute Gasteiger partial charge is 0.464 e. The average molecular weight is 330 g/mol. The molecule has 0 heterocycles. The molecule has 0 aliphatic heterocycles. The van der Waals surface area contributed by atoms with Crippen LogP contribution < -0.4 is 5.32 Å². The van der Waals surface area contributed by atoms with Gasteiger partial charge in [0.05, 0.1) is 6.61 Å². The standard InChI is InChI=1S/C19H26N2O3/c1-5-13-21(4)14-17-9-7-16(8-10-17)11-12-18(22)20-15(3)19(23)24-6-2/h5,7-12,15H,1,6,13-14H2,2-4H3,(H,20,22)/b12-11+. The van der Waals surface area contributed by atoms with Gasteiger partial charge in [0.25, 0.3) is 0 Å². The van der Waals surface area contributed by atoms with Crippen LogP contribution in [-0.2, 0) is 20.9 Å². The molecule has 5 heteroatoms. The van der Waals surface area contributed by atoms with Crippen molar-refractivity contribution in [1.82, 2.24) is 10.2 Å². The summed E-state index contributed by atoms with van der Waals surface area (Å²) in [4.78, 5) is 25.4. The number of ether oxygens (including phenoxy) is 1. The first-order valence-electron chi connectivity index (χ1n) is 7.99. The van der Waals surface area contributed by atoms with Gasteiger partial charge < -0.3 is 10.1 Å². The second-order valence-electron chi connectivity index (χ2n) is 5.54. The van der Waals surface area contributed by atoms with E-state index in [1.54, 1.807) is 19.9 Å². The summed E-state index contributed by atoms with van der Waals surface area (Å²) in [6.45, 7) is 9.01. The second-order valence-corrected chi connectivity index (χ2v) is 5.54. The molecule has 0 bridgehead atoms. The molecule has 0 aliphatic rings. The number of hydrogen-bond acceptors (Lipinski definition) is 4. The lowest BCUT2D eigenvalue weighted by molar-refractivity contribution is -0.146. The summed E-state index contributed by atoms with van der Waals surface area (Å²) in [5, 5.41) is 2.57. The SMILES string of the molecule is C=CCN(C)Cc1ccc(/C=C/C(=O)NC(C)C(=O)OCC)cc1. The van der Waals surface area contributed by atoms with Crippen LogP contribution in [0.3, 0.4) is 0 Å². The number of likely N-dealkylation sites (N-methyl/N-ethyl adjacent to an activating group) is 1. The monoisotopic (exact) mass is 330 g/mol. The normalized spacial score (nSPS) is 12.2. The fraction of sp³-hybridized carbons (Fsp3) is 0.368. The van der Waals surface area contributed by atoms with Gasteiger partial charge in [-0.1, -0.05) is 30.3 Å². The van der Waals surface area contributed by atoms with Crippen molar-refractivity contribution in [3.8, 4) is 0 Å². The Kier molecular flexibility index (Phi) is 8.50. The number of amides is 1. The van der Waals surface area contributed by atoms with E-state index in [-0.39, 0.29) is 5.91 Å². The average Bonchev–Trinajstić information content (AvgIpc) is 2.54. The van der Waals surface area contributed by atoms with E-state index >= 15 is 0 Å². The third-order valence-corrected chi connectivity index (χ3v) is 3.30. The lowest BCUT2D eigenvalue weighted by Crippen LogP contribution is -2.38. The van der Waals surface area contributed by atoms with Crippen LogP contribution in [0.1, 0.15) is 25.0 Å². The van der Waals surface area contributed by atoms with E-state index < -0.39 is 12.0 Å². The van der Waals surface area contributed by atoms with E-state index in [9.17, 15) is 9.59 Å². The van der Waals surface area contributed by atoms with Gasteiger partial charge in [0.2, 0.25) is 5.91 Å². The molecule has 1 aromatic carbocycles. The lowest BCUT2D eigenvalue weighted by Gasteiger charge is -2.14. The highest BCUT2D eigenvalue weighted by molar-refractivity contribution is 5.94. The molecule has 24 heavy (non-hydrogen) atoms. The molecule has 0 aliphatic carbocycles. The highest BCUT2D eigenvalue weighted by atomic mass is 16.5. The van der Waals surface area contributed by atoms with Crippen LogP contribution in [0.25, 0.3) is 6.08 Å². The first-order valence-corrected chi connectivity index (χ1v) is 7.99. The molecule has 130 valence electrons. The van der Waals surface area contributed by atoms with Gasteiger partial charge >= 0.3 is 5.97 Å². The number of nitrogens with zero attached hydrogens (tertiary/aromatic N) is 1. The first kappa shape index (κ1) is 19.6. The van der Waals surface area contributed by atoms with Gasteiger partial charge in [-0.05, 0) is 38.1 Å². The summed E-state index contributed by atoms with van der Waals surface area (Å²) in [5.41, 5.74) is 2.11. The van der Waals surface area contributed by atoms with Crippen LogP contribution >= 0.6 is 0 Å². The highest BCUT2D eigenvalue weighted by Gasteiger charge is 2.14. The van der Waals surface area contributed by atoms with Crippen molar-refractivity contribution < 1.29 is 14.3 Å². The van der Waals surface area contributed by atoms with Crippen molar-refractivity contribution in [3.63, 3.8) is 0 Å². The molecule has 0 saturated carbocycles. The zero-order chi connectivity index (χ0) is 17.9. The molecule has 1 rings (SSSR count). The Morgan fingerprint density at radius 1 is 1.33 bits per heavy atom. The summed E-state index contributed by atoms with van der Waals surface area (Å²) in [6.07, 6.45) is 4.99. The Bertz CT molecular complexity index is 579. The van der Waals surface area contributed by atoms with Gasteiger partial charge in [0.1, 0.15) is 6.04 Å². The number of esters is 1. The molecule has 0 fully saturated rings. The summed E-state index contributed by atoms with van der Waals surface area (Å²) >= 11 is 0. The van der Waals surface area contributed by atoms with Gasteiger partial charge in [-0.25, -0.2) is 4.79 Å². The number of rotatable bonds is 9.